The molecule has 162 valence electrons. The highest BCUT2D eigenvalue weighted by Crippen LogP contribution is 2.40. The third kappa shape index (κ3) is 3.95. The van der Waals surface area contributed by atoms with Crippen LogP contribution in [0.4, 0.5) is 4.79 Å². The van der Waals surface area contributed by atoms with Crippen LogP contribution in [0.5, 0.6) is 0 Å². The largest absolute Gasteiger partial charge is 0.344 e. The van der Waals surface area contributed by atoms with Gasteiger partial charge in [0.15, 0.2) is 5.16 Å². The molecule has 2 N–H and O–H groups in total. The van der Waals surface area contributed by atoms with Gasteiger partial charge >= 0.3 is 6.03 Å². The van der Waals surface area contributed by atoms with E-state index in [1.807, 2.05) is 17.6 Å². The van der Waals surface area contributed by atoms with Gasteiger partial charge in [0.05, 0.1) is 5.75 Å². The lowest BCUT2D eigenvalue weighted by atomic mass is 9.87. The first-order chi connectivity index (χ1) is 15.0. The van der Waals surface area contributed by atoms with Gasteiger partial charge in [0.25, 0.3) is 5.91 Å². The summed E-state index contributed by atoms with van der Waals surface area (Å²) in [4.78, 5) is 38.1. The normalized spacial score (nSPS) is 20.6. The smallest absolute Gasteiger partial charge is 0.318 e. The third-order valence-electron chi connectivity index (χ3n) is 5.46. The molecule has 1 saturated heterocycles. The molecule has 31 heavy (non-hydrogen) atoms. The molecule has 2 aromatic rings. The van der Waals surface area contributed by atoms with Gasteiger partial charge in [-0.3, -0.25) is 15.0 Å². The molecule has 0 radical (unpaired) electrons. The van der Waals surface area contributed by atoms with Crippen LogP contribution in [0.25, 0.3) is 0 Å². The Kier molecular flexibility index (Phi) is 5.81. The lowest BCUT2D eigenvalue weighted by Gasteiger charge is -2.25. The van der Waals surface area contributed by atoms with Crippen molar-refractivity contribution in [2.75, 3.05) is 5.75 Å². The maximum absolute atomic E-state index is 13.1. The highest BCUT2D eigenvalue weighted by molar-refractivity contribution is 7.99. The fourth-order valence-corrected chi connectivity index (χ4v) is 4.42. The lowest BCUT2D eigenvalue weighted by molar-refractivity contribution is -0.138. The van der Waals surface area contributed by atoms with E-state index in [0.717, 1.165) is 23.7 Å². The minimum Gasteiger partial charge on any atom is -0.318 e. The second-order valence-electron chi connectivity index (χ2n) is 7.53. The van der Waals surface area contributed by atoms with Gasteiger partial charge in [-0.05, 0) is 24.8 Å². The minimum atomic E-state index is -1.19. The number of hydrogen-bond acceptors (Lipinski definition) is 6. The minimum absolute atomic E-state index is 0.0124. The molecule has 4 amide bonds. The maximum Gasteiger partial charge on any atom is 0.344 e. The molecule has 1 unspecified atom stereocenters. The second kappa shape index (κ2) is 8.54. The molecule has 0 spiro atoms. The van der Waals surface area contributed by atoms with E-state index in [4.69, 9.17) is 0 Å². The van der Waals surface area contributed by atoms with Crippen molar-refractivity contribution >= 4 is 29.6 Å². The average molecular weight is 441 g/mol. The predicted octanol–water partition coefficient (Wildman–Crippen LogP) is 2.32. The molecule has 1 atom stereocenters. The van der Waals surface area contributed by atoms with Gasteiger partial charge in [0.2, 0.25) is 5.91 Å². The van der Waals surface area contributed by atoms with Crippen molar-refractivity contribution in [2.45, 2.75) is 49.3 Å². The molecule has 1 aromatic carbocycles. The number of urea groups is 1. The number of nitrogens with zero attached hydrogens (tertiary/aromatic N) is 4. The Bertz CT molecular complexity index is 1020. The number of nitrogens with one attached hydrogen (secondary N) is 2. The molecule has 2 fully saturated rings. The van der Waals surface area contributed by atoms with Crippen LogP contribution in [-0.2, 0) is 21.7 Å². The van der Waals surface area contributed by atoms with Crippen LogP contribution in [0.2, 0.25) is 0 Å². The Morgan fingerprint density at radius 1 is 1.32 bits per heavy atom. The molecule has 1 aliphatic carbocycles. The predicted molar refractivity (Wildman–Crippen MR) is 115 cm³/mol. The first kappa shape index (κ1) is 21.1. The molecule has 4 rings (SSSR count). The second-order valence-corrected chi connectivity index (χ2v) is 8.48. The monoisotopic (exact) mass is 440 g/mol. The number of thioether (sulfide) groups is 1. The summed E-state index contributed by atoms with van der Waals surface area (Å²) in [7, 11) is 0. The molecule has 0 bridgehead atoms. The van der Waals surface area contributed by atoms with E-state index in [0.29, 0.717) is 29.6 Å². The summed E-state index contributed by atoms with van der Waals surface area (Å²) in [5.74, 6) is 0.334. The summed E-state index contributed by atoms with van der Waals surface area (Å²) in [5, 5.41) is 12.6. The summed E-state index contributed by atoms with van der Waals surface area (Å²) in [6.07, 6.45) is 4.30. The summed E-state index contributed by atoms with van der Waals surface area (Å²) < 4.78 is 1.95. The summed E-state index contributed by atoms with van der Waals surface area (Å²) in [6, 6.07) is 8.36. The molecule has 9 nitrogen and oxygen atoms in total. The number of carbonyl (C=O) groups is 3. The fourth-order valence-electron chi connectivity index (χ4n) is 3.68. The Labute approximate surface area is 184 Å². The number of hydrogen-bond donors (Lipinski definition) is 2. The average Bonchev–Trinajstić information content (AvgIpc) is 3.50. The number of carbonyl (C=O) groups excluding carboxylic acids is 3. The molecular weight excluding hydrogens is 416 g/mol. The number of allylic oxidation sites excluding steroid dienone is 1. The van der Waals surface area contributed by atoms with Crippen LogP contribution in [0.1, 0.15) is 43.5 Å². The Hall–Kier alpha value is -3.14. The van der Waals surface area contributed by atoms with Crippen LogP contribution in [0, 0.1) is 0 Å². The molecule has 1 saturated carbocycles. The molecule has 1 aliphatic heterocycles. The standard InChI is InChI=1S/C21H24N6O3S/c1-3-12-26-17(14-10-11-14)23-24-20(26)31-13-16(28)25-27-18(29)21(4-2,22-19(27)30)15-8-6-5-7-9-15/h3,5-9,14H,1,4,10-13H2,2H3,(H,22,30)(H,25,28). The van der Waals surface area contributed by atoms with Gasteiger partial charge in [-0.2, -0.15) is 5.01 Å². The van der Waals surface area contributed by atoms with Crippen molar-refractivity contribution in [2.24, 2.45) is 0 Å². The van der Waals surface area contributed by atoms with Gasteiger partial charge in [-0.25, -0.2) is 4.79 Å². The number of aromatic nitrogens is 3. The van der Waals surface area contributed by atoms with Crippen molar-refractivity contribution < 1.29 is 14.4 Å². The SMILES string of the molecule is C=CCn1c(SCC(=O)NN2C(=O)NC(CC)(c3ccccc3)C2=O)nnc1C1CC1. The Balaban J connectivity index is 1.43. The summed E-state index contributed by atoms with van der Waals surface area (Å²) >= 11 is 1.21. The van der Waals surface area contributed by atoms with E-state index in [1.54, 1.807) is 30.3 Å². The number of benzene rings is 1. The van der Waals surface area contributed by atoms with E-state index < -0.39 is 23.4 Å². The number of rotatable bonds is 9. The number of hydrazine groups is 1. The van der Waals surface area contributed by atoms with E-state index in [9.17, 15) is 14.4 Å². The Morgan fingerprint density at radius 2 is 2.06 bits per heavy atom. The van der Waals surface area contributed by atoms with E-state index in [1.165, 1.54) is 11.8 Å². The van der Waals surface area contributed by atoms with E-state index >= 15 is 0 Å². The van der Waals surface area contributed by atoms with Gasteiger partial charge in [-0.15, -0.1) is 16.8 Å². The third-order valence-corrected chi connectivity index (χ3v) is 6.42. The van der Waals surface area contributed by atoms with E-state index in [-0.39, 0.29) is 5.75 Å². The van der Waals surface area contributed by atoms with Crippen LogP contribution in [0.15, 0.2) is 48.1 Å². The highest BCUT2D eigenvalue weighted by Gasteiger charge is 2.52. The van der Waals surface area contributed by atoms with Crippen LogP contribution < -0.4 is 10.7 Å². The highest BCUT2D eigenvalue weighted by atomic mass is 32.2. The summed E-state index contributed by atoms with van der Waals surface area (Å²) in [6.45, 7) is 6.15. The lowest BCUT2D eigenvalue weighted by Crippen LogP contribution is -2.49. The molecule has 10 heteroatoms. The first-order valence-electron chi connectivity index (χ1n) is 10.2. The fraction of sp³-hybridized carbons (Fsp3) is 0.381. The van der Waals surface area contributed by atoms with Crippen molar-refractivity contribution in [3.05, 3.63) is 54.4 Å². The molecule has 1 aromatic heterocycles. The number of amides is 4. The van der Waals surface area contributed by atoms with Gasteiger partial charge in [0.1, 0.15) is 11.4 Å². The van der Waals surface area contributed by atoms with Crippen molar-refractivity contribution in [1.82, 2.24) is 30.5 Å². The maximum atomic E-state index is 13.1. The zero-order valence-corrected chi connectivity index (χ0v) is 18.0. The van der Waals surface area contributed by atoms with Crippen LogP contribution in [0.3, 0.4) is 0 Å². The van der Waals surface area contributed by atoms with Crippen molar-refractivity contribution in [3.8, 4) is 0 Å². The van der Waals surface area contributed by atoms with Gasteiger partial charge < -0.3 is 9.88 Å². The van der Waals surface area contributed by atoms with Gasteiger partial charge in [0, 0.05) is 12.5 Å². The Morgan fingerprint density at radius 3 is 2.71 bits per heavy atom. The zero-order chi connectivity index (χ0) is 22.0. The topological polar surface area (TPSA) is 109 Å². The molecule has 2 aliphatic rings. The van der Waals surface area contributed by atoms with Gasteiger partial charge in [-0.1, -0.05) is 55.1 Å². The zero-order valence-electron chi connectivity index (χ0n) is 17.2. The molecule has 2 heterocycles. The quantitative estimate of drug-likeness (QED) is 0.352. The van der Waals surface area contributed by atoms with E-state index in [2.05, 4.69) is 27.5 Å². The van der Waals surface area contributed by atoms with Crippen LogP contribution in [-0.4, -0.2) is 43.4 Å². The first-order valence-corrected chi connectivity index (χ1v) is 11.2. The summed E-state index contributed by atoms with van der Waals surface area (Å²) in [5.41, 5.74) is 1.92. The molecular formula is C21H24N6O3S. The number of imide groups is 1. The van der Waals surface area contributed by atoms with Crippen molar-refractivity contribution in [1.29, 1.82) is 0 Å². The van der Waals surface area contributed by atoms with Crippen molar-refractivity contribution in [3.63, 3.8) is 0 Å². The van der Waals surface area contributed by atoms with Crippen LogP contribution >= 0.6 is 11.8 Å².